The molecule has 0 fully saturated rings. The van der Waals surface area contributed by atoms with Crippen LogP contribution in [0.25, 0.3) is 0 Å². The Hall–Kier alpha value is -1.42. The van der Waals surface area contributed by atoms with E-state index >= 15 is 0 Å². The molecule has 0 aliphatic rings. The molecule has 7 nitrogen and oxygen atoms in total. The fourth-order valence-corrected chi connectivity index (χ4v) is 1.94. The average molecular weight is 450 g/mol. The summed E-state index contributed by atoms with van der Waals surface area (Å²) in [6.45, 7) is 6.78. The summed E-state index contributed by atoms with van der Waals surface area (Å²) >= 11 is 0. The lowest BCUT2D eigenvalue weighted by Gasteiger charge is -2.12. The van der Waals surface area contributed by atoms with Crippen LogP contribution in [0.5, 0.6) is 0 Å². The van der Waals surface area contributed by atoms with E-state index in [0.717, 1.165) is 19.6 Å². The highest BCUT2D eigenvalue weighted by Crippen LogP contribution is 2.16. The number of nitrogens with one attached hydrogen (secondary N) is 2. The smallest absolute Gasteiger partial charge is 0.274 e. The van der Waals surface area contributed by atoms with E-state index in [0.29, 0.717) is 30.6 Å². The van der Waals surface area contributed by atoms with Crippen molar-refractivity contribution in [2.75, 3.05) is 26.8 Å². The third-order valence-corrected chi connectivity index (χ3v) is 3.07. The third-order valence-electron chi connectivity index (χ3n) is 3.07. The van der Waals surface area contributed by atoms with Gasteiger partial charge in [0.15, 0.2) is 5.96 Å². The minimum atomic E-state index is -0.376. The molecule has 0 radical (unpaired) electrons. The first-order valence-electron chi connectivity index (χ1n) is 7.79. The maximum absolute atomic E-state index is 11.0. The summed E-state index contributed by atoms with van der Waals surface area (Å²) in [5.74, 6) is 1.16. The van der Waals surface area contributed by atoms with Crippen molar-refractivity contribution in [3.8, 4) is 0 Å². The standard InChI is InChI=1S/C16H26N4O3.HI/c1-13(2)12-23-10-6-9-18-16(17-3)19-11-14-7-4-5-8-15(14)20(21)22;/h4-5,7-8,13H,6,9-12H2,1-3H3,(H2,17,18,19);1H. The Balaban J connectivity index is 0.00000529. The van der Waals surface area contributed by atoms with Crippen LogP contribution in [0.15, 0.2) is 29.3 Å². The van der Waals surface area contributed by atoms with Gasteiger partial charge in [-0.25, -0.2) is 0 Å². The zero-order valence-electron chi connectivity index (χ0n) is 14.4. The van der Waals surface area contributed by atoms with E-state index in [4.69, 9.17) is 4.74 Å². The van der Waals surface area contributed by atoms with Crippen LogP contribution < -0.4 is 10.6 Å². The molecule has 0 bridgehead atoms. The number of nitrogens with zero attached hydrogens (tertiary/aromatic N) is 2. The van der Waals surface area contributed by atoms with Gasteiger partial charge in [-0.05, 0) is 12.3 Å². The molecule has 0 aromatic heterocycles. The van der Waals surface area contributed by atoms with Crippen molar-refractivity contribution < 1.29 is 9.66 Å². The normalized spacial score (nSPS) is 11.1. The Morgan fingerprint density at radius 1 is 1.33 bits per heavy atom. The lowest BCUT2D eigenvalue weighted by molar-refractivity contribution is -0.385. The minimum Gasteiger partial charge on any atom is -0.381 e. The summed E-state index contributed by atoms with van der Waals surface area (Å²) in [6.07, 6.45) is 0.874. The van der Waals surface area contributed by atoms with Gasteiger partial charge in [0.25, 0.3) is 5.69 Å². The van der Waals surface area contributed by atoms with Gasteiger partial charge in [-0.15, -0.1) is 24.0 Å². The summed E-state index contributed by atoms with van der Waals surface area (Å²) in [6, 6.07) is 6.68. The number of hydrogen-bond acceptors (Lipinski definition) is 4. The van der Waals surface area contributed by atoms with Gasteiger partial charge in [0.05, 0.1) is 4.92 Å². The van der Waals surface area contributed by atoms with E-state index in [9.17, 15) is 10.1 Å². The van der Waals surface area contributed by atoms with Gasteiger partial charge in [-0.1, -0.05) is 32.0 Å². The molecule has 0 aliphatic carbocycles. The highest BCUT2D eigenvalue weighted by molar-refractivity contribution is 14.0. The topological polar surface area (TPSA) is 88.8 Å². The molecular weight excluding hydrogens is 423 g/mol. The second-order valence-electron chi connectivity index (χ2n) is 5.56. The lowest BCUT2D eigenvalue weighted by Crippen LogP contribution is -2.37. The van der Waals surface area contributed by atoms with Crippen LogP contribution in [0.3, 0.4) is 0 Å². The summed E-state index contributed by atoms with van der Waals surface area (Å²) in [5.41, 5.74) is 0.734. The van der Waals surface area contributed by atoms with Crippen LogP contribution in [0.1, 0.15) is 25.8 Å². The van der Waals surface area contributed by atoms with Gasteiger partial charge in [0.2, 0.25) is 0 Å². The zero-order chi connectivity index (χ0) is 17.1. The molecule has 8 heteroatoms. The molecule has 136 valence electrons. The molecule has 0 saturated carbocycles. The average Bonchev–Trinajstić information content (AvgIpc) is 2.53. The van der Waals surface area contributed by atoms with Crippen molar-refractivity contribution in [1.82, 2.24) is 10.6 Å². The van der Waals surface area contributed by atoms with E-state index in [-0.39, 0.29) is 34.6 Å². The van der Waals surface area contributed by atoms with Gasteiger partial charge in [-0.2, -0.15) is 0 Å². The van der Waals surface area contributed by atoms with E-state index < -0.39 is 0 Å². The number of nitro groups is 1. The highest BCUT2D eigenvalue weighted by atomic mass is 127. The molecule has 0 saturated heterocycles. The molecule has 1 rings (SSSR count). The summed E-state index contributed by atoms with van der Waals surface area (Å²) in [4.78, 5) is 14.7. The van der Waals surface area contributed by atoms with Crippen molar-refractivity contribution in [3.05, 3.63) is 39.9 Å². The summed E-state index contributed by atoms with van der Waals surface area (Å²) < 4.78 is 5.51. The molecule has 2 N–H and O–H groups in total. The minimum absolute atomic E-state index is 0. The molecule has 0 unspecified atom stereocenters. The SMILES string of the molecule is CN=C(NCCCOCC(C)C)NCc1ccccc1[N+](=O)[O-].I. The molecule has 0 aliphatic heterocycles. The van der Waals surface area contributed by atoms with Gasteiger partial charge >= 0.3 is 0 Å². The molecule has 0 amide bonds. The Bertz CT molecular complexity index is 524. The molecule has 1 aromatic carbocycles. The van der Waals surface area contributed by atoms with Crippen LogP contribution >= 0.6 is 24.0 Å². The third kappa shape index (κ3) is 9.02. The molecular formula is C16H27IN4O3. The number of benzene rings is 1. The number of aliphatic imine (C=N–C) groups is 1. The van der Waals surface area contributed by atoms with Crippen molar-refractivity contribution in [3.63, 3.8) is 0 Å². The van der Waals surface area contributed by atoms with Crippen molar-refractivity contribution in [2.45, 2.75) is 26.8 Å². The van der Waals surface area contributed by atoms with Crippen LogP contribution in [0.2, 0.25) is 0 Å². The van der Waals surface area contributed by atoms with Crippen LogP contribution in [0, 0.1) is 16.0 Å². The van der Waals surface area contributed by atoms with Crippen molar-refractivity contribution in [1.29, 1.82) is 0 Å². The maximum atomic E-state index is 11.0. The quantitative estimate of drug-likeness (QED) is 0.151. The predicted molar refractivity (Wildman–Crippen MR) is 107 cm³/mol. The number of ether oxygens (including phenoxy) is 1. The summed E-state index contributed by atoms with van der Waals surface area (Å²) in [5, 5.41) is 17.2. The number of guanidine groups is 1. The van der Waals surface area contributed by atoms with E-state index in [1.807, 2.05) is 0 Å². The van der Waals surface area contributed by atoms with Gasteiger partial charge < -0.3 is 15.4 Å². The molecule has 0 heterocycles. The summed E-state index contributed by atoms with van der Waals surface area (Å²) in [7, 11) is 1.67. The van der Waals surface area contributed by atoms with Crippen molar-refractivity contribution >= 4 is 35.6 Å². The largest absolute Gasteiger partial charge is 0.381 e. The Kier molecular flexibility index (Phi) is 12.2. The fraction of sp³-hybridized carbons (Fsp3) is 0.562. The second kappa shape index (κ2) is 12.9. The molecule has 0 atom stereocenters. The fourth-order valence-electron chi connectivity index (χ4n) is 1.94. The van der Waals surface area contributed by atoms with Gasteiger partial charge in [0, 0.05) is 45.0 Å². The van der Waals surface area contributed by atoms with Crippen LogP contribution in [0.4, 0.5) is 5.69 Å². The van der Waals surface area contributed by atoms with E-state index in [1.54, 1.807) is 25.2 Å². The first-order chi connectivity index (χ1) is 11.0. The molecule has 1 aromatic rings. The number of para-hydroxylation sites is 1. The second-order valence-corrected chi connectivity index (χ2v) is 5.56. The zero-order valence-corrected chi connectivity index (χ0v) is 16.8. The monoisotopic (exact) mass is 450 g/mol. The Labute approximate surface area is 160 Å². The van der Waals surface area contributed by atoms with Crippen LogP contribution in [-0.2, 0) is 11.3 Å². The van der Waals surface area contributed by atoms with Crippen LogP contribution in [-0.4, -0.2) is 37.7 Å². The molecule has 0 spiro atoms. The lowest BCUT2D eigenvalue weighted by atomic mass is 10.2. The number of rotatable bonds is 9. The Morgan fingerprint density at radius 2 is 2.04 bits per heavy atom. The van der Waals surface area contributed by atoms with E-state index in [1.165, 1.54) is 6.07 Å². The first kappa shape index (κ1) is 22.6. The number of hydrogen-bond donors (Lipinski definition) is 2. The first-order valence-corrected chi connectivity index (χ1v) is 7.79. The number of halogens is 1. The van der Waals surface area contributed by atoms with E-state index in [2.05, 4.69) is 29.5 Å². The maximum Gasteiger partial charge on any atom is 0.274 e. The Morgan fingerprint density at radius 3 is 2.67 bits per heavy atom. The number of nitro benzene ring substituents is 1. The highest BCUT2D eigenvalue weighted by Gasteiger charge is 2.12. The van der Waals surface area contributed by atoms with Gasteiger partial charge in [0.1, 0.15) is 0 Å². The van der Waals surface area contributed by atoms with Gasteiger partial charge in [-0.3, -0.25) is 15.1 Å². The predicted octanol–water partition coefficient (Wildman–Crippen LogP) is 2.94. The molecule has 24 heavy (non-hydrogen) atoms. The van der Waals surface area contributed by atoms with Crippen molar-refractivity contribution in [2.24, 2.45) is 10.9 Å².